The van der Waals surface area contributed by atoms with E-state index in [0.29, 0.717) is 0 Å². The summed E-state index contributed by atoms with van der Waals surface area (Å²) in [6.07, 6.45) is 11.4. The van der Waals surface area contributed by atoms with Gasteiger partial charge in [0.25, 0.3) is 0 Å². The third-order valence-corrected chi connectivity index (χ3v) is 5.96. The minimum absolute atomic E-state index is 0.862. The van der Waals surface area contributed by atoms with Crippen molar-refractivity contribution in [2.75, 3.05) is 0 Å². The van der Waals surface area contributed by atoms with Crippen molar-refractivity contribution < 1.29 is 0 Å². The van der Waals surface area contributed by atoms with Crippen molar-refractivity contribution in [2.24, 2.45) is 4.99 Å². The lowest BCUT2D eigenvalue weighted by Crippen LogP contribution is -1.91. The van der Waals surface area contributed by atoms with Gasteiger partial charge in [-0.2, -0.15) is 4.99 Å². The number of aliphatic imine (C=N–C) groups is 1. The second-order valence-corrected chi connectivity index (χ2v) is 8.46. The molecule has 31 heavy (non-hydrogen) atoms. The number of isothiocyanates is 1. The Morgan fingerprint density at radius 3 is 1.55 bits per heavy atom. The van der Waals surface area contributed by atoms with Gasteiger partial charge in [0.2, 0.25) is 0 Å². The quantitative estimate of drug-likeness (QED) is 0.160. The lowest BCUT2D eigenvalue weighted by molar-refractivity contribution is 0.607. The maximum absolute atomic E-state index is 4.65. The Bertz CT molecular complexity index is 949. The van der Waals surface area contributed by atoms with Crippen molar-refractivity contribution in [3.05, 3.63) is 89.5 Å². The molecule has 0 saturated carbocycles. The second-order valence-electron chi connectivity index (χ2n) is 8.28. The number of thiocarbonyl (C=S) groups is 1. The molecule has 0 amide bonds. The molecule has 3 rings (SSSR count). The minimum atomic E-state index is 0.862. The van der Waals surface area contributed by atoms with Gasteiger partial charge in [0.15, 0.2) is 0 Å². The molecule has 0 atom stereocenters. The minimum Gasteiger partial charge on any atom is -0.195 e. The molecule has 160 valence electrons. The first kappa shape index (κ1) is 23.1. The van der Waals surface area contributed by atoms with Gasteiger partial charge < -0.3 is 0 Å². The number of aryl methyl sites for hydroxylation is 3. The summed E-state index contributed by atoms with van der Waals surface area (Å²) in [5.74, 6) is 0. The Labute approximate surface area is 193 Å². The van der Waals surface area contributed by atoms with Crippen molar-refractivity contribution in [2.45, 2.75) is 64.7 Å². The fourth-order valence-electron chi connectivity index (χ4n) is 3.92. The van der Waals surface area contributed by atoms with Crippen LogP contribution in [0.5, 0.6) is 0 Å². The van der Waals surface area contributed by atoms with Crippen LogP contribution in [-0.4, -0.2) is 5.16 Å². The number of rotatable bonds is 12. The van der Waals surface area contributed by atoms with E-state index in [-0.39, 0.29) is 0 Å². The molecule has 2 heteroatoms. The molecular formula is C29H33NS. The van der Waals surface area contributed by atoms with Crippen molar-refractivity contribution in [1.82, 2.24) is 0 Å². The largest absolute Gasteiger partial charge is 0.195 e. The van der Waals surface area contributed by atoms with Gasteiger partial charge in [-0.15, -0.1) is 0 Å². The molecule has 0 spiro atoms. The standard InChI is InChI=1S/C29H33NS/c1-2-3-4-5-6-7-8-24-11-17-27(18-12-24)28-19-13-25(14-20-28)9-10-26-15-21-29(22-16-26)30-23-31/h11-22H,2-10H2,1H3. The highest BCUT2D eigenvalue weighted by Crippen LogP contribution is 2.22. The first-order valence-electron chi connectivity index (χ1n) is 11.6. The van der Waals surface area contributed by atoms with Crippen LogP contribution in [0.3, 0.4) is 0 Å². The van der Waals surface area contributed by atoms with Crippen LogP contribution in [0, 0.1) is 0 Å². The van der Waals surface area contributed by atoms with Gasteiger partial charge in [0, 0.05) is 0 Å². The number of hydrogen-bond donors (Lipinski definition) is 0. The normalized spacial score (nSPS) is 10.6. The molecule has 3 aromatic rings. The molecule has 1 nitrogen and oxygen atoms in total. The number of nitrogens with zero attached hydrogens (tertiary/aromatic N) is 1. The van der Waals surface area contributed by atoms with Gasteiger partial charge in [0.1, 0.15) is 0 Å². The van der Waals surface area contributed by atoms with Crippen LogP contribution in [0.15, 0.2) is 77.8 Å². The zero-order valence-corrected chi connectivity index (χ0v) is 19.5. The Kier molecular flexibility index (Phi) is 9.70. The molecular weight excluding hydrogens is 394 g/mol. The fraction of sp³-hybridized carbons (Fsp3) is 0.345. The maximum Gasteiger partial charge on any atom is 0.0739 e. The van der Waals surface area contributed by atoms with E-state index in [2.05, 4.69) is 90.0 Å². The topological polar surface area (TPSA) is 12.4 Å². The van der Waals surface area contributed by atoms with E-state index in [4.69, 9.17) is 0 Å². The van der Waals surface area contributed by atoms with Crippen molar-refractivity contribution in [1.29, 1.82) is 0 Å². The average molecular weight is 428 g/mol. The Morgan fingerprint density at radius 1 is 0.581 bits per heavy atom. The highest BCUT2D eigenvalue weighted by atomic mass is 32.1. The van der Waals surface area contributed by atoms with Crippen LogP contribution in [0.25, 0.3) is 11.1 Å². The summed E-state index contributed by atoms with van der Waals surface area (Å²) < 4.78 is 0. The Balaban J connectivity index is 1.47. The van der Waals surface area contributed by atoms with Crippen LogP contribution in [0.2, 0.25) is 0 Å². The lowest BCUT2D eigenvalue weighted by Gasteiger charge is -2.07. The smallest absolute Gasteiger partial charge is 0.0739 e. The molecule has 0 unspecified atom stereocenters. The van der Waals surface area contributed by atoms with Gasteiger partial charge in [-0.1, -0.05) is 99.7 Å². The van der Waals surface area contributed by atoms with E-state index < -0.39 is 0 Å². The van der Waals surface area contributed by atoms with Crippen LogP contribution < -0.4 is 0 Å². The molecule has 3 aromatic carbocycles. The van der Waals surface area contributed by atoms with Gasteiger partial charge in [-0.05, 0) is 77.9 Å². The van der Waals surface area contributed by atoms with Crippen molar-refractivity contribution >= 4 is 23.1 Å². The molecule has 0 fully saturated rings. The molecule has 0 N–H and O–H groups in total. The maximum atomic E-state index is 4.65. The molecule has 0 aromatic heterocycles. The molecule has 0 aliphatic carbocycles. The van der Waals surface area contributed by atoms with Crippen molar-refractivity contribution in [3.63, 3.8) is 0 Å². The van der Waals surface area contributed by atoms with E-state index in [1.165, 1.54) is 72.8 Å². The van der Waals surface area contributed by atoms with Gasteiger partial charge >= 0.3 is 0 Å². The molecule has 0 radical (unpaired) electrons. The summed E-state index contributed by atoms with van der Waals surface area (Å²) in [6, 6.07) is 26.4. The van der Waals surface area contributed by atoms with Crippen LogP contribution >= 0.6 is 12.2 Å². The molecule has 0 heterocycles. The summed E-state index contributed by atoms with van der Waals surface area (Å²) in [5.41, 5.74) is 7.59. The van der Waals surface area contributed by atoms with Gasteiger partial charge in [-0.25, -0.2) is 0 Å². The third kappa shape index (κ3) is 7.90. The SMILES string of the molecule is CCCCCCCCc1ccc(-c2ccc(CCc3ccc(N=C=S)cc3)cc2)cc1. The van der Waals surface area contributed by atoms with E-state index in [9.17, 15) is 0 Å². The summed E-state index contributed by atoms with van der Waals surface area (Å²) in [5, 5.41) is 2.41. The van der Waals surface area contributed by atoms with Gasteiger partial charge in [-0.3, -0.25) is 0 Å². The summed E-state index contributed by atoms with van der Waals surface area (Å²) >= 11 is 4.65. The third-order valence-electron chi connectivity index (χ3n) is 5.87. The Hall–Kier alpha value is -2.54. The highest BCUT2D eigenvalue weighted by molar-refractivity contribution is 7.78. The van der Waals surface area contributed by atoms with Crippen molar-refractivity contribution in [3.8, 4) is 11.1 Å². The van der Waals surface area contributed by atoms with E-state index in [0.717, 1.165) is 18.5 Å². The first-order chi connectivity index (χ1) is 15.3. The average Bonchev–Trinajstić information content (AvgIpc) is 2.82. The number of hydrogen-bond acceptors (Lipinski definition) is 2. The molecule has 0 saturated heterocycles. The zero-order chi connectivity index (χ0) is 21.7. The second kappa shape index (κ2) is 13.0. The molecule has 0 bridgehead atoms. The Morgan fingerprint density at radius 2 is 1.03 bits per heavy atom. The lowest BCUT2D eigenvalue weighted by atomic mass is 9.98. The van der Waals surface area contributed by atoms with E-state index in [1.54, 1.807) is 0 Å². The summed E-state index contributed by atoms with van der Waals surface area (Å²) in [6.45, 7) is 2.27. The zero-order valence-electron chi connectivity index (χ0n) is 18.6. The monoisotopic (exact) mass is 427 g/mol. The van der Waals surface area contributed by atoms with Crippen LogP contribution in [0.4, 0.5) is 5.69 Å². The van der Waals surface area contributed by atoms with Crippen LogP contribution in [-0.2, 0) is 19.3 Å². The summed E-state index contributed by atoms with van der Waals surface area (Å²) in [7, 11) is 0. The highest BCUT2D eigenvalue weighted by Gasteiger charge is 2.01. The summed E-state index contributed by atoms with van der Waals surface area (Å²) in [4.78, 5) is 4.00. The first-order valence-corrected chi connectivity index (χ1v) is 12.0. The van der Waals surface area contributed by atoms with Gasteiger partial charge in [0.05, 0.1) is 10.8 Å². The van der Waals surface area contributed by atoms with E-state index in [1.807, 2.05) is 12.1 Å². The fourth-order valence-corrected chi connectivity index (χ4v) is 4.02. The predicted molar refractivity (Wildman–Crippen MR) is 137 cm³/mol. The van der Waals surface area contributed by atoms with E-state index >= 15 is 0 Å². The molecule has 0 aliphatic heterocycles. The predicted octanol–water partition coefficient (Wildman–Crippen LogP) is 8.78. The number of benzene rings is 3. The molecule has 0 aliphatic rings. The number of unbranched alkanes of at least 4 members (excludes halogenated alkanes) is 5. The van der Waals surface area contributed by atoms with Crippen LogP contribution in [0.1, 0.15) is 62.1 Å².